The number of rotatable bonds is 8. The van der Waals surface area contributed by atoms with Crippen LogP contribution in [-0.4, -0.2) is 62.8 Å². The largest absolute Gasteiger partial charge is 0.477 e. The number of thioether (sulfide) groups is 2. The lowest BCUT2D eigenvalue weighted by atomic mass is 10.0. The van der Waals surface area contributed by atoms with E-state index in [1.165, 1.54) is 35.5 Å². The maximum atomic E-state index is 12.9. The van der Waals surface area contributed by atoms with Crippen LogP contribution >= 0.6 is 34.9 Å². The van der Waals surface area contributed by atoms with E-state index in [4.69, 9.17) is 10.6 Å². The van der Waals surface area contributed by atoms with Gasteiger partial charge in [0.1, 0.15) is 29.9 Å². The van der Waals surface area contributed by atoms with E-state index in [1.807, 2.05) is 30.3 Å². The Morgan fingerprint density at radius 1 is 1.38 bits per heavy atom. The van der Waals surface area contributed by atoms with E-state index in [2.05, 4.69) is 15.5 Å². The van der Waals surface area contributed by atoms with Crippen LogP contribution in [0.15, 0.2) is 68.5 Å². The van der Waals surface area contributed by atoms with E-state index in [-0.39, 0.29) is 22.2 Å². The van der Waals surface area contributed by atoms with Crippen LogP contribution in [0.4, 0.5) is 5.13 Å². The molecule has 2 aliphatic heterocycles. The molecule has 2 atom stereocenters. The first kappa shape index (κ1) is 23.9. The minimum absolute atomic E-state index is 0.0813. The molecular weight excluding hydrogens is 498 g/mol. The molecule has 1 saturated heterocycles. The van der Waals surface area contributed by atoms with Crippen molar-refractivity contribution in [2.45, 2.75) is 16.3 Å². The maximum absolute atomic E-state index is 12.9. The lowest BCUT2D eigenvalue weighted by Crippen LogP contribution is -2.71. The number of β-lactam (4-membered cyclic amide) rings is 1. The minimum Gasteiger partial charge on any atom is -0.477 e. The minimum atomic E-state index is -1.20. The van der Waals surface area contributed by atoms with Crippen LogP contribution in [0.25, 0.3) is 0 Å². The number of nitrogen functional groups attached to an aromatic ring is 1. The Hall–Kier alpha value is -3.29. The number of anilines is 1. The first-order valence-electron chi connectivity index (χ1n) is 9.83. The maximum Gasteiger partial charge on any atom is 0.352 e. The van der Waals surface area contributed by atoms with Crippen molar-refractivity contribution >= 4 is 63.5 Å². The SMILES string of the molecule is CON=C(C(=O)NC1C(=O)N2C(C(=O)O)=C(C=CSc3ccccc3)CSC12)c1csc(N)n1. The second-order valence-electron chi connectivity index (χ2n) is 6.97. The smallest absolute Gasteiger partial charge is 0.352 e. The Balaban J connectivity index is 1.49. The fraction of sp³-hybridized carbons (Fsp3) is 0.190. The van der Waals surface area contributed by atoms with Crippen molar-refractivity contribution in [3.05, 3.63) is 64.2 Å². The number of benzene rings is 1. The van der Waals surface area contributed by atoms with Crippen LogP contribution in [0, 0.1) is 0 Å². The van der Waals surface area contributed by atoms with Gasteiger partial charge >= 0.3 is 5.97 Å². The number of oxime groups is 1. The van der Waals surface area contributed by atoms with Crippen molar-refractivity contribution in [2.24, 2.45) is 5.16 Å². The van der Waals surface area contributed by atoms with Crippen molar-refractivity contribution in [1.29, 1.82) is 0 Å². The summed E-state index contributed by atoms with van der Waals surface area (Å²) in [5.41, 5.74) is 6.17. The van der Waals surface area contributed by atoms with E-state index in [1.54, 1.807) is 16.9 Å². The number of nitrogens with two attached hydrogens (primary N) is 1. The van der Waals surface area contributed by atoms with Crippen LogP contribution in [0.1, 0.15) is 5.69 Å². The quantitative estimate of drug-likeness (QED) is 0.207. The summed E-state index contributed by atoms with van der Waals surface area (Å²) in [7, 11) is 1.28. The molecule has 1 fully saturated rings. The van der Waals surface area contributed by atoms with E-state index in [9.17, 15) is 19.5 Å². The molecule has 4 N–H and O–H groups in total. The molecule has 4 rings (SSSR count). The third kappa shape index (κ3) is 4.81. The summed E-state index contributed by atoms with van der Waals surface area (Å²) in [5, 5.41) is 19.2. The molecule has 0 bridgehead atoms. The molecule has 1 aromatic carbocycles. The molecule has 34 heavy (non-hydrogen) atoms. The summed E-state index contributed by atoms with van der Waals surface area (Å²) < 4.78 is 0. The Labute approximate surface area is 206 Å². The highest BCUT2D eigenvalue weighted by Crippen LogP contribution is 2.41. The van der Waals surface area contributed by atoms with Crippen LogP contribution in [0.5, 0.6) is 0 Å². The van der Waals surface area contributed by atoms with Gasteiger partial charge in [-0.2, -0.15) is 0 Å². The van der Waals surface area contributed by atoms with Crippen molar-refractivity contribution in [3.63, 3.8) is 0 Å². The number of hydrogen-bond donors (Lipinski definition) is 3. The van der Waals surface area contributed by atoms with Crippen LogP contribution < -0.4 is 11.1 Å². The van der Waals surface area contributed by atoms with Crippen LogP contribution in [0.3, 0.4) is 0 Å². The molecule has 10 nitrogen and oxygen atoms in total. The van der Waals surface area contributed by atoms with Gasteiger partial charge in [-0.15, -0.1) is 23.1 Å². The fourth-order valence-corrected chi connectivity index (χ4v) is 5.94. The summed E-state index contributed by atoms with van der Waals surface area (Å²) in [6.45, 7) is 0. The van der Waals surface area contributed by atoms with Crippen molar-refractivity contribution in [2.75, 3.05) is 18.6 Å². The number of nitrogens with one attached hydrogen (secondary N) is 1. The standard InChI is InChI=1S/C21H19N5O5S3/c1-31-25-14(13-10-34-21(22)23-13)17(27)24-15-18(28)26-16(20(29)30)11(9-33-19(15)26)7-8-32-12-5-3-2-4-6-12/h2-8,10,15,19H,9H2,1H3,(H2,22,23)(H,24,27)(H,29,30). The highest BCUT2D eigenvalue weighted by atomic mass is 32.2. The first-order chi connectivity index (χ1) is 16.4. The summed E-state index contributed by atoms with van der Waals surface area (Å²) in [5.74, 6) is -2.02. The molecule has 0 radical (unpaired) electrons. The van der Waals surface area contributed by atoms with Gasteiger partial charge in [0.05, 0.1) is 0 Å². The summed E-state index contributed by atoms with van der Waals surface area (Å²) in [4.78, 5) is 48.7. The average molecular weight is 518 g/mol. The third-order valence-electron chi connectivity index (χ3n) is 4.87. The van der Waals surface area contributed by atoms with Crippen LogP contribution in [-0.2, 0) is 19.2 Å². The van der Waals surface area contributed by atoms with E-state index >= 15 is 0 Å². The highest BCUT2D eigenvalue weighted by Gasteiger charge is 2.54. The summed E-state index contributed by atoms with van der Waals surface area (Å²) >= 11 is 3.95. The lowest BCUT2D eigenvalue weighted by Gasteiger charge is -2.49. The number of carboxylic acid groups (broad SMARTS) is 1. The van der Waals surface area contributed by atoms with Gasteiger partial charge in [-0.3, -0.25) is 14.5 Å². The average Bonchev–Trinajstić information content (AvgIpc) is 3.26. The molecular formula is C21H19N5O5S3. The molecule has 2 amide bonds. The molecule has 0 saturated carbocycles. The zero-order chi connectivity index (χ0) is 24.2. The van der Waals surface area contributed by atoms with Crippen LogP contribution in [0.2, 0.25) is 0 Å². The number of hydrogen-bond acceptors (Lipinski definition) is 10. The van der Waals surface area contributed by atoms with E-state index in [0.29, 0.717) is 11.3 Å². The molecule has 2 unspecified atom stereocenters. The Bertz CT molecular complexity index is 1210. The number of aliphatic carboxylic acids is 1. The van der Waals surface area contributed by atoms with Gasteiger partial charge in [-0.05, 0) is 29.2 Å². The number of nitrogens with zero attached hydrogens (tertiary/aromatic N) is 3. The zero-order valence-electron chi connectivity index (χ0n) is 17.7. The van der Waals surface area contributed by atoms with E-state index < -0.39 is 29.2 Å². The summed E-state index contributed by atoms with van der Waals surface area (Å²) in [6, 6.07) is 8.73. The Morgan fingerprint density at radius 3 is 2.79 bits per heavy atom. The molecule has 0 spiro atoms. The first-order valence-corrected chi connectivity index (χ1v) is 12.6. The second kappa shape index (κ2) is 10.3. The molecule has 13 heteroatoms. The number of fused-ring (bicyclic) bond motifs is 1. The Kier molecular flexibility index (Phi) is 7.24. The Morgan fingerprint density at radius 2 is 2.15 bits per heavy atom. The number of carboxylic acids is 1. The van der Waals surface area contributed by atoms with Gasteiger partial charge < -0.3 is 21.0 Å². The number of aromatic nitrogens is 1. The molecule has 2 aromatic rings. The number of carbonyl (C=O) groups excluding carboxylic acids is 2. The second-order valence-corrected chi connectivity index (χ2v) is 9.94. The monoisotopic (exact) mass is 517 g/mol. The van der Waals surface area contributed by atoms with E-state index in [0.717, 1.165) is 16.2 Å². The number of allylic oxidation sites excluding steroid dienone is 1. The zero-order valence-corrected chi connectivity index (χ0v) is 20.2. The molecule has 1 aromatic heterocycles. The van der Waals surface area contributed by atoms with Crippen molar-refractivity contribution in [3.8, 4) is 0 Å². The normalized spacial score (nSPS) is 20.2. The topological polar surface area (TPSA) is 147 Å². The van der Waals surface area contributed by atoms with Gasteiger partial charge in [0.2, 0.25) is 0 Å². The van der Waals surface area contributed by atoms with Gasteiger partial charge in [0.25, 0.3) is 11.8 Å². The fourth-order valence-electron chi connectivity index (χ4n) is 3.37. The number of thiazole rings is 1. The van der Waals surface area contributed by atoms with Gasteiger partial charge in [0, 0.05) is 16.0 Å². The number of carbonyl (C=O) groups is 3. The molecule has 0 aliphatic carbocycles. The van der Waals surface area contributed by atoms with Gasteiger partial charge in [0.15, 0.2) is 10.8 Å². The third-order valence-corrected chi connectivity index (χ3v) is 7.66. The van der Waals surface area contributed by atoms with Crippen molar-refractivity contribution in [1.82, 2.24) is 15.2 Å². The molecule has 176 valence electrons. The lowest BCUT2D eigenvalue weighted by molar-refractivity contribution is -0.150. The van der Waals surface area contributed by atoms with Gasteiger partial charge in [-0.1, -0.05) is 35.1 Å². The van der Waals surface area contributed by atoms with Crippen molar-refractivity contribution < 1.29 is 24.3 Å². The predicted molar refractivity (Wildman–Crippen MR) is 131 cm³/mol. The molecule has 2 aliphatic rings. The van der Waals surface area contributed by atoms with Gasteiger partial charge in [-0.25, -0.2) is 9.78 Å². The molecule has 3 heterocycles. The predicted octanol–water partition coefficient (Wildman–Crippen LogP) is 2.12. The number of amides is 2. The highest BCUT2D eigenvalue weighted by molar-refractivity contribution is 8.02. The summed E-state index contributed by atoms with van der Waals surface area (Å²) in [6.07, 6.45) is 1.71.